The third-order valence-corrected chi connectivity index (χ3v) is 1.97. The largest absolute Gasteiger partial charge is 0.468 e. The van der Waals surface area contributed by atoms with Gasteiger partial charge in [0.15, 0.2) is 5.38 Å². The first kappa shape index (κ1) is 13.7. The summed E-state index contributed by atoms with van der Waals surface area (Å²) < 4.78 is 8.73. The molecule has 0 aromatic rings. The van der Waals surface area contributed by atoms with E-state index in [1.165, 1.54) is 14.2 Å². The van der Waals surface area contributed by atoms with Crippen LogP contribution in [0.25, 0.3) is 0 Å². The smallest absolute Gasteiger partial charge is 0.427 e. The van der Waals surface area contributed by atoms with Crippen LogP contribution in [0.2, 0.25) is 0 Å². The van der Waals surface area contributed by atoms with E-state index in [0.29, 0.717) is 12.1 Å². The Bertz CT molecular complexity index is 267. The number of hydrogen-bond donors (Lipinski definition) is 1. The van der Waals surface area contributed by atoms with E-state index < -0.39 is 17.4 Å². The van der Waals surface area contributed by atoms with Gasteiger partial charge in [0, 0.05) is 0 Å². The lowest BCUT2D eigenvalue weighted by molar-refractivity contribution is -0.138. The molecule has 1 unspecified atom stereocenters. The molecule has 0 aromatic carbocycles. The van der Waals surface area contributed by atoms with Crippen LogP contribution in [0.3, 0.4) is 0 Å². The fourth-order valence-electron chi connectivity index (χ4n) is 0.718. The molecule has 0 rings (SSSR count). The maximum absolute atomic E-state index is 11.0. The van der Waals surface area contributed by atoms with Gasteiger partial charge in [0.2, 0.25) is 0 Å². The molecule has 1 N–H and O–H groups in total. The van der Waals surface area contributed by atoms with Crippen molar-refractivity contribution in [2.75, 3.05) is 14.2 Å². The van der Waals surface area contributed by atoms with Gasteiger partial charge in [0.25, 0.3) is 0 Å². The molecule has 1 amide bonds. The fraction of sp³-hybridized carbons (Fsp3) is 0.625. The normalized spacial score (nSPS) is 12.9. The Morgan fingerprint density at radius 2 is 2.00 bits per heavy atom. The third-order valence-electron chi connectivity index (χ3n) is 1.54. The van der Waals surface area contributed by atoms with Gasteiger partial charge in [-0.3, -0.25) is 4.79 Å². The van der Waals surface area contributed by atoms with Crippen molar-refractivity contribution in [3.63, 3.8) is 0 Å². The molecule has 0 aliphatic rings. The molecule has 0 aliphatic heterocycles. The quantitative estimate of drug-likeness (QED) is 0.340. The van der Waals surface area contributed by atoms with Crippen LogP contribution in [0.1, 0.15) is 13.3 Å². The zero-order valence-electron chi connectivity index (χ0n) is 8.74. The molecule has 1 atom stereocenters. The summed E-state index contributed by atoms with van der Waals surface area (Å²) in [5, 5.41) is 2.64. The summed E-state index contributed by atoms with van der Waals surface area (Å²) in [5.74, 6) is -0.621. The number of hydrogen-bond acceptors (Lipinski definition) is 5. The Labute approximate surface area is 92.6 Å². The number of carbonyl (C=O) groups excluding carboxylic acids is 2. The van der Waals surface area contributed by atoms with Crippen molar-refractivity contribution >= 4 is 29.4 Å². The number of alkyl halides is 1. The van der Waals surface area contributed by atoms with Crippen molar-refractivity contribution in [3.8, 4) is 0 Å². The number of carbonyl (C=O) groups is 2. The van der Waals surface area contributed by atoms with Gasteiger partial charge in [-0.05, 0) is 6.42 Å². The van der Waals surface area contributed by atoms with Gasteiger partial charge in [0.1, 0.15) is 0 Å². The lowest BCUT2D eigenvalue weighted by atomic mass is 10.2. The fourth-order valence-corrected chi connectivity index (χ4v) is 1.01. The average Bonchev–Trinajstić information content (AvgIpc) is 2.27. The van der Waals surface area contributed by atoms with Gasteiger partial charge in [-0.2, -0.15) is 5.10 Å². The molecule has 86 valence electrons. The van der Waals surface area contributed by atoms with Crippen LogP contribution in [0.15, 0.2) is 5.10 Å². The lowest BCUT2D eigenvalue weighted by Crippen LogP contribution is -2.29. The van der Waals surface area contributed by atoms with Crippen LogP contribution in [0, 0.1) is 0 Å². The van der Waals surface area contributed by atoms with Crippen LogP contribution in [0.5, 0.6) is 0 Å². The van der Waals surface area contributed by atoms with E-state index in [1.54, 1.807) is 6.92 Å². The van der Waals surface area contributed by atoms with Crippen LogP contribution >= 0.6 is 11.6 Å². The zero-order valence-corrected chi connectivity index (χ0v) is 9.50. The number of ether oxygens (including phenoxy) is 2. The first-order chi connectivity index (χ1) is 7.06. The molecule has 0 fully saturated rings. The molecule has 0 saturated carbocycles. The monoisotopic (exact) mass is 236 g/mol. The standard InChI is InChI=1S/C8H13ClN2O4/c1-4-5(6(9)7(12)14-2)10-11-8(13)15-3/h6H,4H2,1-3H3,(H,11,13)/b10-5+. The number of nitrogens with one attached hydrogen (secondary N) is 1. The maximum atomic E-state index is 11.0. The van der Waals surface area contributed by atoms with Gasteiger partial charge in [-0.1, -0.05) is 6.92 Å². The van der Waals surface area contributed by atoms with E-state index in [-0.39, 0.29) is 0 Å². The molecule has 0 spiro atoms. The Balaban J connectivity index is 4.46. The van der Waals surface area contributed by atoms with Gasteiger partial charge in [-0.25, -0.2) is 10.2 Å². The van der Waals surface area contributed by atoms with E-state index in [1.807, 2.05) is 0 Å². The molecular formula is C8H13ClN2O4. The minimum Gasteiger partial charge on any atom is -0.468 e. The highest BCUT2D eigenvalue weighted by atomic mass is 35.5. The van der Waals surface area contributed by atoms with Crippen molar-refractivity contribution in [1.82, 2.24) is 5.43 Å². The summed E-state index contributed by atoms with van der Waals surface area (Å²) >= 11 is 5.73. The van der Waals surface area contributed by atoms with E-state index >= 15 is 0 Å². The van der Waals surface area contributed by atoms with Gasteiger partial charge in [0.05, 0.1) is 19.9 Å². The number of hydrazone groups is 1. The van der Waals surface area contributed by atoms with Gasteiger partial charge in [-0.15, -0.1) is 11.6 Å². The lowest BCUT2D eigenvalue weighted by Gasteiger charge is -2.08. The summed E-state index contributed by atoms with van der Waals surface area (Å²) in [7, 11) is 2.42. The molecule has 6 nitrogen and oxygen atoms in total. The van der Waals surface area contributed by atoms with E-state index in [4.69, 9.17) is 11.6 Å². The highest BCUT2D eigenvalue weighted by Crippen LogP contribution is 2.04. The predicted octanol–water partition coefficient (Wildman–Crippen LogP) is 0.889. The molecule has 0 radical (unpaired) electrons. The van der Waals surface area contributed by atoms with Crippen molar-refractivity contribution in [2.24, 2.45) is 5.10 Å². The third kappa shape index (κ3) is 4.64. The number of esters is 1. The Hall–Kier alpha value is -1.30. The molecule has 0 aromatic heterocycles. The second kappa shape index (κ2) is 7.05. The summed E-state index contributed by atoms with van der Waals surface area (Å²) in [5.41, 5.74) is 2.38. The van der Waals surface area contributed by atoms with E-state index in [9.17, 15) is 9.59 Å². The Morgan fingerprint density at radius 1 is 1.40 bits per heavy atom. The van der Waals surface area contributed by atoms with Crippen LogP contribution in [-0.2, 0) is 14.3 Å². The second-order valence-corrected chi connectivity index (χ2v) is 2.88. The zero-order chi connectivity index (χ0) is 11.8. The van der Waals surface area contributed by atoms with Crippen molar-refractivity contribution in [1.29, 1.82) is 0 Å². The number of rotatable bonds is 4. The topological polar surface area (TPSA) is 77.0 Å². The Morgan fingerprint density at radius 3 is 2.40 bits per heavy atom. The number of nitrogens with zero attached hydrogens (tertiary/aromatic N) is 1. The number of halogens is 1. The highest BCUT2D eigenvalue weighted by Gasteiger charge is 2.21. The first-order valence-corrected chi connectivity index (χ1v) is 4.62. The molecule has 0 heterocycles. The predicted molar refractivity (Wildman–Crippen MR) is 54.9 cm³/mol. The maximum Gasteiger partial charge on any atom is 0.427 e. The Kier molecular flexibility index (Phi) is 6.44. The van der Waals surface area contributed by atoms with Crippen LogP contribution < -0.4 is 5.43 Å². The van der Waals surface area contributed by atoms with E-state index in [2.05, 4.69) is 20.0 Å². The summed E-state index contributed by atoms with van der Waals surface area (Å²) in [6, 6.07) is 0. The molecular weight excluding hydrogens is 224 g/mol. The van der Waals surface area contributed by atoms with E-state index in [0.717, 1.165) is 0 Å². The summed E-state index contributed by atoms with van der Waals surface area (Å²) in [4.78, 5) is 21.7. The van der Waals surface area contributed by atoms with Crippen LogP contribution in [0.4, 0.5) is 4.79 Å². The van der Waals surface area contributed by atoms with Gasteiger partial charge >= 0.3 is 12.1 Å². The molecule has 7 heteroatoms. The summed E-state index contributed by atoms with van der Waals surface area (Å²) in [6.45, 7) is 1.75. The van der Waals surface area contributed by atoms with Crippen molar-refractivity contribution in [3.05, 3.63) is 0 Å². The SMILES string of the molecule is CC/C(=N\NC(=O)OC)C(Cl)C(=O)OC. The molecule has 15 heavy (non-hydrogen) atoms. The van der Waals surface area contributed by atoms with Crippen LogP contribution in [-0.4, -0.2) is 37.4 Å². The van der Waals surface area contributed by atoms with Crippen molar-refractivity contribution in [2.45, 2.75) is 18.7 Å². The highest BCUT2D eigenvalue weighted by molar-refractivity contribution is 6.41. The molecule has 0 aliphatic carbocycles. The number of amides is 1. The second-order valence-electron chi connectivity index (χ2n) is 2.45. The molecule has 0 bridgehead atoms. The molecule has 0 saturated heterocycles. The van der Waals surface area contributed by atoms with Gasteiger partial charge < -0.3 is 9.47 Å². The first-order valence-electron chi connectivity index (χ1n) is 4.19. The average molecular weight is 237 g/mol. The number of methoxy groups -OCH3 is 2. The summed E-state index contributed by atoms with van der Waals surface area (Å²) in [6.07, 6.45) is -0.317. The van der Waals surface area contributed by atoms with Crippen molar-refractivity contribution < 1.29 is 19.1 Å². The minimum absolute atomic E-state index is 0.300. The minimum atomic E-state index is -1.00.